The molecule has 0 spiro atoms. The third-order valence-electron chi connectivity index (χ3n) is 2.84. The summed E-state index contributed by atoms with van der Waals surface area (Å²) in [6, 6.07) is 10.8. The maximum Gasteiger partial charge on any atom is 0.0234 e. The zero-order valence-electron chi connectivity index (χ0n) is 8.82. The van der Waals surface area contributed by atoms with Crippen molar-refractivity contribution in [3.63, 3.8) is 0 Å². The Morgan fingerprint density at radius 1 is 1.14 bits per heavy atom. The molecule has 1 saturated heterocycles. The summed E-state index contributed by atoms with van der Waals surface area (Å²) in [6.45, 7) is 6.17. The van der Waals surface area contributed by atoms with Crippen molar-refractivity contribution in [1.29, 1.82) is 0 Å². The van der Waals surface area contributed by atoms with E-state index in [9.17, 15) is 0 Å². The summed E-state index contributed by atoms with van der Waals surface area (Å²) >= 11 is 0. The third-order valence-corrected chi connectivity index (χ3v) is 4.77. The SMILES string of the molecule is CP1CCN(Cc2ccccc2)CC1. The zero-order valence-corrected chi connectivity index (χ0v) is 9.71. The smallest absolute Gasteiger partial charge is 0.0234 e. The molecule has 2 heteroatoms. The molecule has 0 saturated carbocycles. The maximum atomic E-state index is 2.58. The summed E-state index contributed by atoms with van der Waals surface area (Å²) in [6.07, 6.45) is 2.87. The predicted molar refractivity (Wildman–Crippen MR) is 64.3 cm³/mol. The number of hydrogen-bond acceptors (Lipinski definition) is 1. The fourth-order valence-corrected chi connectivity index (χ4v) is 3.32. The van der Waals surface area contributed by atoms with Crippen molar-refractivity contribution >= 4 is 7.92 Å². The summed E-state index contributed by atoms with van der Waals surface area (Å²) in [5, 5.41) is 0. The zero-order chi connectivity index (χ0) is 9.80. The Kier molecular flexibility index (Phi) is 3.55. The fraction of sp³-hybridized carbons (Fsp3) is 0.500. The van der Waals surface area contributed by atoms with E-state index in [2.05, 4.69) is 41.9 Å². The van der Waals surface area contributed by atoms with E-state index in [0.29, 0.717) is 7.92 Å². The molecular weight excluding hydrogens is 189 g/mol. The second-order valence-corrected chi connectivity index (χ2v) is 6.67. The Bertz CT molecular complexity index is 265. The Balaban J connectivity index is 1.87. The van der Waals surface area contributed by atoms with Gasteiger partial charge in [0.15, 0.2) is 0 Å². The minimum atomic E-state index is 0.365. The van der Waals surface area contributed by atoms with Gasteiger partial charge in [-0.3, -0.25) is 4.90 Å². The molecule has 14 heavy (non-hydrogen) atoms. The van der Waals surface area contributed by atoms with E-state index >= 15 is 0 Å². The molecule has 1 aromatic rings. The topological polar surface area (TPSA) is 3.24 Å². The molecule has 0 N–H and O–H groups in total. The minimum absolute atomic E-state index is 0.365. The first-order chi connectivity index (χ1) is 6.84. The van der Waals surface area contributed by atoms with Crippen LogP contribution < -0.4 is 0 Å². The molecule has 1 nitrogen and oxygen atoms in total. The van der Waals surface area contributed by atoms with Crippen LogP contribution in [0.3, 0.4) is 0 Å². The fourth-order valence-electron chi connectivity index (χ4n) is 1.85. The molecule has 1 fully saturated rings. The molecule has 0 atom stereocenters. The van der Waals surface area contributed by atoms with E-state index in [1.54, 1.807) is 0 Å². The number of benzene rings is 1. The number of rotatable bonds is 2. The lowest BCUT2D eigenvalue weighted by Gasteiger charge is -2.30. The average molecular weight is 207 g/mol. The molecule has 0 bridgehead atoms. The lowest BCUT2D eigenvalue weighted by molar-refractivity contribution is 0.292. The molecule has 2 rings (SSSR count). The van der Waals surface area contributed by atoms with Gasteiger partial charge in [-0.15, -0.1) is 7.92 Å². The van der Waals surface area contributed by atoms with Crippen LogP contribution in [0.2, 0.25) is 0 Å². The summed E-state index contributed by atoms with van der Waals surface area (Å²) in [4.78, 5) is 2.58. The molecule has 0 radical (unpaired) electrons. The van der Waals surface area contributed by atoms with Crippen LogP contribution >= 0.6 is 7.92 Å². The van der Waals surface area contributed by atoms with Crippen LogP contribution in [-0.4, -0.2) is 37.0 Å². The third kappa shape index (κ3) is 2.80. The molecule has 0 aromatic heterocycles. The Morgan fingerprint density at radius 3 is 2.43 bits per heavy atom. The Morgan fingerprint density at radius 2 is 1.79 bits per heavy atom. The molecule has 0 aliphatic carbocycles. The van der Waals surface area contributed by atoms with Crippen molar-refractivity contribution in [2.24, 2.45) is 0 Å². The molecule has 1 aromatic carbocycles. The van der Waals surface area contributed by atoms with Gasteiger partial charge in [-0.05, 0) is 24.6 Å². The summed E-state index contributed by atoms with van der Waals surface area (Å²) in [5.41, 5.74) is 1.45. The van der Waals surface area contributed by atoms with Gasteiger partial charge in [0, 0.05) is 19.6 Å². The van der Waals surface area contributed by atoms with Crippen LogP contribution in [0.15, 0.2) is 30.3 Å². The van der Waals surface area contributed by atoms with Crippen molar-refractivity contribution in [1.82, 2.24) is 4.90 Å². The maximum absolute atomic E-state index is 2.58. The Hall–Kier alpha value is -0.390. The van der Waals surface area contributed by atoms with Crippen molar-refractivity contribution in [2.75, 3.05) is 32.1 Å². The molecule has 1 heterocycles. The second kappa shape index (κ2) is 4.91. The highest BCUT2D eigenvalue weighted by molar-refractivity contribution is 7.56. The normalized spacial score (nSPS) is 19.8. The largest absolute Gasteiger partial charge is 0.298 e. The van der Waals surface area contributed by atoms with Gasteiger partial charge in [-0.1, -0.05) is 30.3 Å². The van der Waals surface area contributed by atoms with Crippen LogP contribution in [0.5, 0.6) is 0 Å². The van der Waals surface area contributed by atoms with Gasteiger partial charge >= 0.3 is 0 Å². The van der Waals surface area contributed by atoms with Crippen LogP contribution in [0.25, 0.3) is 0 Å². The summed E-state index contributed by atoms with van der Waals surface area (Å²) in [5.74, 6) is 0. The molecule has 1 aliphatic rings. The van der Waals surface area contributed by atoms with Crippen molar-refractivity contribution in [3.05, 3.63) is 35.9 Å². The van der Waals surface area contributed by atoms with E-state index in [-0.39, 0.29) is 0 Å². The highest BCUT2D eigenvalue weighted by atomic mass is 31.1. The van der Waals surface area contributed by atoms with Gasteiger partial charge in [0.2, 0.25) is 0 Å². The minimum Gasteiger partial charge on any atom is -0.298 e. The number of hydrogen-bond donors (Lipinski definition) is 0. The van der Waals surface area contributed by atoms with Gasteiger partial charge in [0.05, 0.1) is 0 Å². The van der Waals surface area contributed by atoms with E-state index in [1.165, 1.54) is 31.0 Å². The molecule has 1 aliphatic heterocycles. The average Bonchev–Trinajstić information content (AvgIpc) is 2.23. The van der Waals surface area contributed by atoms with Gasteiger partial charge < -0.3 is 0 Å². The highest BCUT2D eigenvalue weighted by Crippen LogP contribution is 2.33. The molecule has 0 amide bonds. The summed E-state index contributed by atoms with van der Waals surface area (Å²) in [7, 11) is 0.365. The van der Waals surface area contributed by atoms with Crippen molar-refractivity contribution in [2.45, 2.75) is 6.54 Å². The van der Waals surface area contributed by atoms with Crippen LogP contribution in [0.4, 0.5) is 0 Å². The van der Waals surface area contributed by atoms with Crippen molar-refractivity contribution < 1.29 is 0 Å². The lowest BCUT2D eigenvalue weighted by Crippen LogP contribution is -2.32. The predicted octanol–water partition coefficient (Wildman–Crippen LogP) is 2.61. The number of nitrogens with zero attached hydrogens (tertiary/aromatic N) is 1. The van der Waals surface area contributed by atoms with E-state index < -0.39 is 0 Å². The van der Waals surface area contributed by atoms with Crippen LogP contribution in [0, 0.1) is 0 Å². The quantitative estimate of drug-likeness (QED) is 0.674. The van der Waals surface area contributed by atoms with Crippen molar-refractivity contribution in [3.8, 4) is 0 Å². The first-order valence-corrected chi connectivity index (χ1v) is 7.45. The molecule has 76 valence electrons. The van der Waals surface area contributed by atoms with Gasteiger partial charge in [-0.2, -0.15) is 0 Å². The van der Waals surface area contributed by atoms with E-state index in [4.69, 9.17) is 0 Å². The monoisotopic (exact) mass is 207 g/mol. The van der Waals surface area contributed by atoms with Gasteiger partial charge in [-0.25, -0.2) is 0 Å². The summed E-state index contributed by atoms with van der Waals surface area (Å²) < 4.78 is 0. The highest BCUT2D eigenvalue weighted by Gasteiger charge is 2.14. The van der Waals surface area contributed by atoms with Gasteiger partial charge in [0.1, 0.15) is 0 Å². The first-order valence-electron chi connectivity index (χ1n) is 5.29. The second-order valence-electron chi connectivity index (χ2n) is 4.07. The standard InChI is InChI=1S/C12H18NP/c1-14-9-7-13(8-10-14)11-12-5-3-2-4-6-12/h2-6H,7-11H2,1H3. The molecule has 0 unspecified atom stereocenters. The van der Waals surface area contributed by atoms with E-state index in [0.717, 1.165) is 6.54 Å². The first kappa shape index (κ1) is 10.1. The Labute approximate surface area is 87.9 Å². The van der Waals surface area contributed by atoms with E-state index in [1.807, 2.05) is 0 Å². The lowest BCUT2D eigenvalue weighted by atomic mass is 10.2. The molecular formula is C12H18NP. The van der Waals surface area contributed by atoms with Gasteiger partial charge in [0.25, 0.3) is 0 Å². The van der Waals surface area contributed by atoms with Crippen LogP contribution in [-0.2, 0) is 6.54 Å². The van der Waals surface area contributed by atoms with Crippen LogP contribution in [0.1, 0.15) is 5.56 Å².